The van der Waals surface area contributed by atoms with Gasteiger partial charge in [0.25, 0.3) is 11.6 Å². The molecule has 0 radical (unpaired) electrons. The van der Waals surface area contributed by atoms with Crippen molar-refractivity contribution in [1.29, 1.82) is 0 Å². The Bertz CT molecular complexity index is 535. The lowest BCUT2D eigenvalue weighted by atomic mass is 10.1. The molecule has 1 atom stereocenters. The fourth-order valence-electron chi connectivity index (χ4n) is 1.87. The predicted molar refractivity (Wildman–Crippen MR) is 79.6 cm³/mol. The summed E-state index contributed by atoms with van der Waals surface area (Å²) in [5.74, 6) is -0.288. The van der Waals surface area contributed by atoms with Crippen LogP contribution >= 0.6 is 23.2 Å². The second-order valence-electron chi connectivity index (χ2n) is 4.40. The Morgan fingerprint density at radius 3 is 2.45 bits per heavy atom. The van der Waals surface area contributed by atoms with Crippen molar-refractivity contribution in [3.05, 3.63) is 37.9 Å². The zero-order valence-corrected chi connectivity index (χ0v) is 13.0. The van der Waals surface area contributed by atoms with Crippen LogP contribution < -0.4 is 0 Å². The van der Waals surface area contributed by atoms with E-state index in [4.69, 9.17) is 23.2 Å². The van der Waals surface area contributed by atoms with Gasteiger partial charge in [-0.3, -0.25) is 14.9 Å². The highest BCUT2D eigenvalue weighted by Gasteiger charge is 2.24. The first-order valence-electron chi connectivity index (χ1n) is 6.27. The standard InChI is InChI=1S/C13H16Cl2N2O3/c1-4-8(3)16(5-2)13(18)9-6-10(14)12(15)11(7-9)17(19)20/h6-8H,4-5H2,1-3H3. The van der Waals surface area contributed by atoms with Crippen LogP contribution in [0.1, 0.15) is 37.6 Å². The van der Waals surface area contributed by atoms with Crippen molar-refractivity contribution in [2.75, 3.05) is 6.54 Å². The molecule has 1 aromatic carbocycles. The first-order chi connectivity index (χ1) is 9.33. The van der Waals surface area contributed by atoms with E-state index in [9.17, 15) is 14.9 Å². The van der Waals surface area contributed by atoms with E-state index in [1.165, 1.54) is 12.1 Å². The SMILES string of the molecule is CCC(C)N(CC)C(=O)c1cc(Cl)c(Cl)c([N+](=O)[O-])c1. The molecule has 5 nitrogen and oxygen atoms in total. The molecule has 1 amide bonds. The average Bonchev–Trinajstić information content (AvgIpc) is 2.41. The van der Waals surface area contributed by atoms with Crippen LogP contribution in [0.3, 0.4) is 0 Å². The van der Waals surface area contributed by atoms with Gasteiger partial charge in [0, 0.05) is 24.2 Å². The molecule has 0 aliphatic heterocycles. The number of amides is 1. The van der Waals surface area contributed by atoms with Crippen LogP contribution in [0.15, 0.2) is 12.1 Å². The van der Waals surface area contributed by atoms with Gasteiger partial charge in [-0.05, 0) is 26.3 Å². The molecule has 0 bridgehead atoms. The first-order valence-corrected chi connectivity index (χ1v) is 7.03. The van der Waals surface area contributed by atoms with E-state index in [1.54, 1.807) is 4.90 Å². The maximum absolute atomic E-state index is 12.4. The van der Waals surface area contributed by atoms with Gasteiger partial charge in [0.1, 0.15) is 5.02 Å². The zero-order chi connectivity index (χ0) is 15.4. The lowest BCUT2D eigenvalue weighted by molar-refractivity contribution is -0.384. The molecule has 0 saturated heterocycles. The molecule has 0 aromatic heterocycles. The monoisotopic (exact) mass is 318 g/mol. The number of carbonyl (C=O) groups excluding carboxylic acids is 1. The highest BCUT2D eigenvalue weighted by atomic mass is 35.5. The fourth-order valence-corrected chi connectivity index (χ4v) is 2.27. The number of hydrogen-bond acceptors (Lipinski definition) is 3. The normalized spacial score (nSPS) is 12.1. The lowest BCUT2D eigenvalue weighted by Crippen LogP contribution is -2.38. The lowest BCUT2D eigenvalue weighted by Gasteiger charge is -2.27. The van der Waals surface area contributed by atoms with Crippen LogP contribution in [0.4, 0.5) is 5.69 Å². The summed E-state index contributed by atoms with van der Waals surface area (Å²) >= 11 is 11.6. The van der Waals surface area contributed by atoms with Crippen LogP contribution in [-0.2, 0) is 0 Å². The van der Waals surface area contributed by atoms with Gasteiger partial charge >= 0.3 is 0 Å². The van der Waals surface area contributed by atoms with E-state index in [0.717, 1.165) is 6.42 Å². The molecule has 0 fully saturated rings. The quantitative estimate of drug-likeness (QED) is 0.604. The van der Waals surface area contributed by atoms with Crippen LogP contribution in [0.2, 0.25) is 10.0 Å². The fraction of sp³-hybridized carbons (Fsp3) is 0.462. The minimum absolute atomic E-state index is 0.00409. The predicted octanol–water partition coefficient (Wildman–Crippen LogP) is 4.16. The summed E-state index contributed by atoms with van der Waals surface area (Å²) in [5, 5.41) is 10.8. The summed E-state index contributed by atoms with van der Waals surface area (Å²) in [4.78, 5) is 24.3. The maximum Gasteiger partial charge on any atom is 0.290 e. The van der Waals surface area contributed by atoms with Crippen LogP contribution in [0.5, 0.6) is 0 Å². The number of carbonyl (C=O) groups is 1. The number of rotatable bonds is 5. The van der Waals surface area contributed by atoms with E-state index < -0.39 is 4.92 Å². The van der Waals surface area contributed by atoms with Crippen LogP contribution in [0.25, 0.3) is 0 Å². The van der Waals surface area contributed by atoms with Crippen molar-refractivity contribution in [1.82, 2.24) is 4.90 Å². The Kier molecular flexibility index (Phi) is 5.77. The number of nitro benzene ring substituents is 1. The Hall–Kier alpha value is -1.33. The summed E-state index contributed by atoms with van der Waals surface area (Å²) in [6, 6.07) is 2.58. The number of hydrogen-bond donors (Lipinski definition) is 0. The number of benzene rings is 1. The van der Waals surface area contributed by atoms with Gasteiger partial charge in [-0.1, -0.05) is 30.1 Å². The summed E-state index contributed by atoms with van der Waals surface area (Å²) < 4.78 is 0. The maximum atomic E-state index is 12.4. The molecule has 0 N–H and O–H groups in total. The number of nitrogens with zero attached hydrogens (tertiary/aromatic N) is 2. The highest BCUT2D eigenvalue weighted by Crippen LogP contribution is 2.33. The summed E-state index contributed by atoms with van der Waals surface area (Å²) in [6.45, 7) is 6.27. The average molecular weight is 319 g/mol. The second kappa shape index (κ2) is 6.90. The number of halogens is 2. The van der Waals surface area contributed by atoms with Gasteiger partial charge in [-0.25, -0.2) is 0 Å². The van der Waals surface area contributed by atoms with E-state index in [2.05, 4.69) is 0 Å². The Morgan fingerprint density at radius 2 is 2.00 bits per heavy atom. The van der Waals surface area contributed by atoms with Crippen molar-refractivity contribution < 1.29 is 9.72 Å². The third kappa shape index (κ3) is 3.41. The Labute approximate surface area is 127 Å². The molecular formula is C13H16Cl2N2O3. The molecule has 20 heavy (non-hydrogen) atoms. The Morgan fingerprint density at radius 1 is 1.40 bits per heavy atom. The molecule has 0 aliphatic rings. The molecule has 1 rings (SSSR count). The van der Waals surface area contributed by atoms with Gasteiger partial charge in [-0.15, -0.1) is 0 Å². The largest absolute Gasteiger partial charge is 0.336 e. The van der Waals surface area contributed by atoms with Gasteiger partial charge in [0.2, 0.25) is 0 Å². The molecule has 1 unspecified atom stereocenters. The van der Waals surface area contributed by atoms with Crippen molar-refractivity contribution >= 4 is 34.8 Å². The topological polar surface area (TPSA) is 63.5 Å². The third-order valence-corrected chi connectivity index (χ3v) is 3.97. The van der Waals surface area contributed by atoms with Gasteiger partial charge in [-0.2, -0.15) is 0 Å². The smallest absolute Gasteiger partial charge is 0.290 e. The van der Waals surface area contributed by atoms with Gasteiger partial charge in [0.05, 0.1) is 9.95 Å². The summed E-state index contributed by atoms with van der Waals surface area (Å²) in [6.07, 6.45) is 0.795. The molecule has 1 aromatic rings. The summed E-state index contributed by atoms with van der Waals surface area (Å²) in [7, 11) is 0. The van der Waals surface area contributed by atoms with E-state index in [0.29, 0.717) is 6.54 Å². The molecule has 110 valence electrons. The van der Waals surface area contributed by atoms with Crippen molar-refractivity contribution in [3.63, 3.8) is 0 Å². The molecule has 0 saturated carbocycles. The minimum Gasteiger partial charge on any atom is -0.336 e. The van der Waals surface area contributed by atoms with E-state index >= 15 is 0 Å². The first kappa shape index (κ1) is 16.7. The second-order valence-corrected chi connectivity index (χ2v) is 5.18. The van der Waals surface area contributed by atoms with Crippen molar-refractivity contribution in [3.8, 4) is 0 Å². The van der Waals surface area contributed by atoms with Gasteiger partial charge in [0.15, 0.2) is 0 Å². The minimum atomic E-state index is -0.648. The third-order valence-electron chi connectivity index (χ3n) is 3.18. The van der Waals surface area contributed by atoms with Crippen molar-refractivity contribution in [2.45, 2.75) is 33.2 Å². The van der Waals surface area contributed by atoms with Crippen LogP contribution in [0, 0.1) is 10.1 Å². The Balaban J connectivity index is 3.26. The summed E-state index contributed by atoms with van der Waals surface area (Å²) in [5.41, 5.74) is -0.184. The molecular weight excluding hydrogens is 303 g/mol. The highest BCUT2D eigenvalue weighted by molar-refractivity contribution is 6.43. The molecule has 0 spiro atoms. The zero-order valence-electron chi connectivity index (χ0n) is 11.5. The van der Waals surface area contributed by atoms with Gasteiger partial charge < -0.3 is 4.90 Å². The van der Waals surface area contributed by atoms with E-state index in [1.807, 2.05) is 20.8 Å². The van der Waals surface area contributed by atoms with Crippen LogP contribution in [-0.4, -0.2) is 28.3 Å². The molecule has 0 heterocycles. The van der Waals surface area contributed by atoms with Crippen molar-refractivity contribution in [2.24, 2.45) is 0 Å². The molecule has 0 aliphatic carbocycles. The molecule has 7 heteroatoms. The van der Waals surface area contributed by atoms with E-state index in [-0.39, 0.29) is 33.2 Å². The number of nitro groups is 1.